The van der Waals surface area contributed by atoms with Gasteiger partial charge in [0.05, 0.1) is 11.6 Å². The van der Waals surface area contributed by atoms with Crippen molar-refractivity contribution in [2.75, 3.05) is 13.7 Å². The van der Waals surface area contributed by atoms with E-state index < -0.39 is 5.41 Å². The lowest BCUT2D eigenvalue weighted by Gasteiger charge is -2.15. The third-order valence-corrected chi connectivity index (χ3v) is 3.07. The van der Waals surface area contributed by atoms with Crippen molar-refractivity contribution in [1.82, 2.24) is 4.98 Å². The summed E-state index contributed by atoms with van der Waals surface area (Å²) in [6, 6.07) is 3.41. The third-order valence-electron chi connectivity index (χ3n) is 2.46. The maximum atomic E-state index is 11.7. The number of methoxy groups -OCH3 is 1. The smallest absolute Gasteiger partial charge is 0.228 e. The van der Waals surface area contributed by atoms with Crippen molar-refractivity contribution in [3.63, 3.8) is 0 Å². The molecule has 0 atom stereocenters. The van der Waals surface area contributed by atoms with Gasteiger partial charge < -0.3 is 15.3 Å². The summed E-state index contributed by atoms with van der Waals surface area (Å²) < 4.78 is 5.77. The third kappa shape index (κ3) is 4.48. The molecule has 1 aromatic heterocycles. The Morgan fingerprint density at radius 2 is 2.10 bits per heavy atom. The highest BCUT2D eigenvalue weighted by atomic mass is 79.9. The van der Waals surface area contributed by atoms with Crippen LogP contribution in [-0.4, -0.2) is 30.3 Å². The molecule has 0 aliphatic heterocycles. The van der Waals surface area contributed by atoms with Gasteiger partial charge >= 0.3 is 0 Å². The summed E-state index contributed by atoms with van der Waals surface area (Å²) in [5.41, 5.74) is 5.69. The lowest BCUT2D eigenvalue weighted by Crippen LogP contribution is -2.25. The first-order valence-electron chi connectivity index (χ1n) is 5.95. The van der Waals surface area contributed by atoms with Gasteiger partial charge in [0.25, 0.3) is 0 Å². The van der Waals surface area contributed by atoms with Crippen LogP contribution in [0, 0.1) is 5.41 Å². The fourth-order valence-electron chi connectivity index (χ4n) is 1.13. The molecule has 0 fully saturated rings. The van der Waals surface area contributed by atoms with Gasteiger partial charge in [0.2, 0.25) is 5.88 Å². The summed E-state index contributed by atoms with van der Waals surface area (Å²) in [7, 11) is 1.50. The number of Topliss-reactive ketones (excluding diaryl/α,β-unsaturated/α-hetero) is 1. The number of halogens is 1. The SMILES string of the molecule is COc1nc(/C(N)=N/OCC(=O)C(C)(C)C)ccc1Br. The number of hydrogen-bond acceptors (Lipinski definition) is 5. The molecule has 1 aromatic rings. The summed E-state index contributed by atoms with van der Waals surface area (Å²) in [5.74, 6) is 0.416. The topological polar surface area (TPSA) is 86.8 Å². The zero-order valence-corrected chi connectivity index (χ0v) is 13.5. The van der Waals surface area contributed by atoms with Crippen LogP contribution in [0.4, 0.5) is 0 Å². The summed E-state index contributed by atoms with van der Waals surface area (Å²) in [4.78, 5) is 20.8. The Kier molecular flexibility index (Phi) is 5.50. The highest BCUT2D eigenvalue weighted by Gasteiger charge is 2.21. The van der Waals surface area contributed by atoms with Crippen LogP contribution in [-0.2, 0) is 9.63 Å². The predicted molar refractivity (Wildman–Crippen MR) is 79.6 cm³/mol. The number of hydrogen-bond donors (Lipinski definition) is 1. The van der Waals surface area contributed by atoms with Crippen LogP contribution in [0.3, 0.4) is 0 Å². The molecule has 0 aliphatic rings. The van der Waals surface area contributed by atoms with Gasteiger partial charge in [-0.25, -0.2) is 4.98 Å². The van der Waals surface area contributed by atoms with Crippen LogP contribution in [0.5, 0.6) is 5.88 Å². The predicted octanol–water partition coefficient (Wildman–Crippen LogP) is 2.10. The number of aromatic nitrogens is 1. The second-order valence-electron chi connectivity index (χ2n) is 5.11. The van der Waals surface area contributed by atoms with E-state index in [1.807, 2.05) is 20.8 Å². The normalized spacial score (nSPS) is 12.2. The largest absolute Gasteiger partial charge is 0.480 e. The first kappa shape index (κ1) is 16.4. The Balaban J connectivity index is 2.73. The molecule has 0 spiro atoms. The summed E-state index contributed by atoms with van der Waals surface area (Å²) >= 11 is 3.29. The van der Waals surface area contributed by atoms with E-state index in [-0.39, 0.29) is 18.2 Å². The van der Waals surface area contributed by atoms with Gasteiger partial charge in [0, 0.05) is 5.41 Å². The van der Waals surface area contributed by atoms with Crippen molar-refractivity contribution in [3.8, 4) is 5.88 Å². The number of rotatable bonds is 5. The van der Waals surface area contributed by atoms with Crippen molar-refractivity contribution in [2.24, 2.45) is 16.3 Å². The molecule has 1 rings (SSSR count). The summed E-state index contributed by atoms with van der Waals surface area (Å²) in [6.45, 7) is 5.31. The van der Waals surface area contributed by atoms with Gasteiger partial charge in [0.1, 0.15) is 5.69 Å². The summed E-state index contributed by atoms with van der Waals surface area (Å²) in [6.07, 6.45) is 0. The fraction of sp³-hybridized carbons (Fsp3) is 0.462. The highest BCUT2D eigenvalue weighted by molar-refractivity contribution is 9.10. The number of ketones is 1. The minimum atomic E-state index is -0.469. The molecule has 0 amide bonds. The quantitative estimate of drug-likeness (QED) is 0.502. The van der Waals surface area contributed by atoms with Gasteiger partial charge in [-0.2, -0.15) is 0 Å². The highest BCUT2D eigenvalue weighted by Crippen LogP contribution is 2.21. The molecule has 0 aliphatic carbocycles. The van der Waals surface area contributed by atoms with Gasteiger partial charge in [-0.3, -0.25) is 4.79 Å². The number of oxime groups is 1. The molecule has 0 radical (unpaired) electrons. The second kappa shape index (κ2) is 6.69. The number of pyridine rings is 1. The Labute approximate surface area is 126 Å². The first-order chi connectivity index (χ1) is 9.25. The van der Waals surface area contributed by atoms with Crippen LogP contribution in [0.2, 0.25) is 0 Å². The lowest BCUT2D eigenvalue weighted by molar-refractivity contribution is -0.131. The van der Waals surface area contributed by atoms with Gasteiger partial charge in [-0.15, -0.1) is 0 Å². The fourth-order valence-corrected chi connectivity index (χ4v) is 1.52. The lowest BCUT2D eigenvalue weighted by atomic mass is 9.91. The molecular weight excluding hydrogens is 326 g/mol. The van der Waals surface area contributed by atoms with E-state index in [0.29, 0.717) is 16.0 Å². The van der Waals surface area contributed by atoms with Crippen molar-refractivity contribution in [2.45, 2.75) is 20.8 Å². The number of nitrogens with zero attached hydrogens (tertiary/aromatic N) is 2. The standard InChI is InChI=1S/C13H18BrN3O3/c1-13(2,3)10(18)7-20-17-11(15)9-6-5-8(14)12(16-9)19-4/h5-6H,7H2,1-4H3,(H2,15,17). The van der Waals surface area contributed by atoms with Gasteiger partial charge in [-0.05, 0) is 28.1 Å². The first-order valence-corrected chi connectivity index (χ1v) is 6.74. The van der Waals surface area contributed by atoms with Crippen molar-refractivity contribution < 1.29 is 14.4 Å². The Hall–Kier alpha value is -1.63. The minimum absolute atomic E-state index is 0.0598. The Morgan fingerprint density at radius 1 is 1.45 bits per heavy atom. The van der Waals surface area contributed by atoms with Crippen LogP contribution in [0.25, 0.3) is 0 Å². The summed E-state index contributed by atoms with van der Waals surface area (Å²) in [5, 5.41) is 3.69. The van der Waals surface area contributed by atoms with E-state index in [2.05, 4.69) is 26.1 Å². The molecule has 110 valence electrons. The molecule has 0 saturated carbocycles. The Morgan fingerprint density at radius 3 is 2.65 bits per heavy atom. The van der Waals surface area contributed by atoms with Crippen LogP contribution < -0.4 is 10.5 Å². The maximum Gasteiger partial charge on any atom is 0.228 e. The molecule has 2 N–H and O–H groups in total. The maximum absolute atomic E-state index is 11.7. The number of ether oxygens (including phenoxy) is 1. The van der Waals surface area contributed by atoms with Crippen LogP contribution >= 0.6 is 15.9 Å². The molecule has 7 heteroatoms. The molecule has 6 nitrogen and oxygen atoms in total. The van der Waals surface area contributed by atoms with E-state index in [1.54, 1.807) is 12.1 Å². The van der Waals surface area contributed by atoms with Crippen molar-refractivity contribution >= 4 is 27.5 Å². The molecule has 20 heavy (non-hydrogen) atoms. The van der Waals surface area contributed by atoms with Crippen LogP contribution in [0.1, 0.15) is 26.5 Å². The molecule has 0 bridgehead atoms. The number of amidine groups is 1. The molecule has 0 saturated heterocycles. The average molecular weight is 344 g/mol. The number of carbonyl (C=O) groups excluding carboxylic acids is 1. The minimum Gasteiger partial charge on any atom is -0.480 e. The number of nitrogens with two attached hydrogens (primary N) is 1. The monoisotopic (exact) mass is 343 g/mol. The average Bonchev–Trinajstić information content (AvgIpc) is 2.37. The Bertz CT molecular complexity index is 524. The molecule has 1 heterocycles. The molecular formula is C13H18BrN3O3. The second-order valence-corrected chi connectivity index (χ2v) is 5.97. The van der Waals surface area contributed by atoms with E-state index >= 15 is 0 Å². The number of carbonyl (C=O) groups is 1. The van der Waals surface area contributed by atoms with E-state index in [0.717, 1.165) is 0 Å². The van der Waals surface area contributed by atoms with Gasteiger partial charge in [0.15, 0.2) is 18.2 Å². The van der Waals surface area contributed by atoms with Gasteiger partial charge in [-0.1, -0.05) is 25.9 Å². The van der Waals surface area contributed by atoms with E-state index in [4.69, 9.17) is 15.3 Å². The van der Waals surface area contributed by atoms with Crippen molar-refractivity contribution in [3.05, 3.63) is 22.3 Å². The zero-order valence-electron chi connectivity index (χ0n) is 11.9. The molecule has 0 aromatic carbocycles. The van der Waals surface area contributed by atoms with E-state index in [9.17, 15) is 4.79 Å². The molecule has 0 unspecified atom stereocenters. The van der Waals surface area contributed by atoms with E-state index in [1.165, 1.54) is 7.11 Å². The zero-order chi connectivity index (χ0) is 15.3. The van der Waals surface area contributed by atoms with Crippen LogP contribution in [0.15, 0.2) is 21.8 Å². The van der Waals surface area contributed by atoms with Crippen molar-refractivity contribution in [1.29, 1.82) is 0 Å².